The fourth-order valence-electron chi connectivity index (χ4n) is 4.06. The largest absolute Gasteiger partial charge is 0.449 e. The lowest BCUT2D eigenvalue weighted by Crippen LogP contribution is -2.37. The van der Waals surface area contributed by atoms with Crippen molar-refractivity contribution in [3.63, 3.8) is 0 Å². The van der Waals surface area contributed by atoms with Gasteiger partial charge in [0.25, 0.3) is 0 Å². The molecule has 31 heavy (non-hydrogen) atoms. The van der Waals surface area contributed by atoms with E-state index in [4.69, 9.17) is 4.74 Å². The number of carbonyl (C=O) groups is 2. The number of fused-ring (bicyclic) bond motifs is 1. The fourth-order valence-corrected chi connectivity index (χ4v) is 4.33. The number of ether oxygens (including phenoxy) is 1. The van der Waals surface area contributed by atoms with E-state index >= 15 is 0 Å². The summed E-state index contributed by atoms with van der Waals surface area (Å²) in [7, 11) is 0. The summed E-state index contributed by atoms with van der Waals surface area (Å²) in [5, 5.41) is 3.77. The molecule has 0 spiro atoms. The maximum absolute atomic E-state index is 12.7. The van der Waals surface area contributed by atoms with Gasteiger partial charge in [-0.2, -0.15) is 0 Å². The molecule has 7 heteroatoms. The van der Waals surface area contributed by atoms with Crippen molar-refractivity contribution in [3.05, 3.63) is 64.8 Å². The van der Waals surface area contributed by atoms with Crippen molar-refractivity contribution in [2.75, 3.05) is 31.6 Å². The highest BCUT2D eigenvalue weighted by Crippen LogP contribution is 2.24. The predicted molar refractivity (Wildman–Crippen MR) is 126 cm³/mol. The molecule has 0 radical (unpaired) electrons. The van der Waals surface area contributed by atoms with Gasteiger partial charge in [-0.25, -0.2) is 4.79 Å². The molecule has 0 unspecified atom stereocenters. The van der Waals surface area contributed by atoms with Crippen molar-refractivity contribution >= 4 is 44.4 Å². The number of hydrogen-bond acceptors (Lipinski definition) is 4. The number of halogens is 1. The molecule has 1 aliphatic rings. The molecule has 1 aliphatic heterocycles. The number of nitrogens with one attached hydrogen (secondary N) is 2. The Bertz CT molecular complexity index is 1040. The first-order valence-corrected chi connectivity index (χ1v) is 11.4. The minimum absolute atomic E-state index is 0.0931. The summed E-state index contributed by atoms with van der Waals surface area (Å²) in [5.74, 6) is 0.334. The smallest absolute Gasteiger partial charge is 0.411 e. The van der Waals surface area contributed by atoms with E-state index in [0.29, 0.717) is 6.61 Å². The third kappa shape index (κ3) is 5.54. The Balaban J connectivity index is 1.15. The second kappa shape index (κ2) is 10.1. The number of nitrogens with zero attached hydrogens (tertiary/aromatic N) is 1. The topological polar surface area (TPSA) is 74.4 Å². The van der Waals surface area contributed by atoms with Gasteiger partial charge in [-0.1, -0.05) is 34.1 Å². The molecule has 3 aromatic rings. The summed E-state index contributed by atoms with van der Waals surface area (Å²) < 4.78 is 6.33. The van der Waals surface area contributed by atoms with E-state index in [1.165, 1.54) is 0 Å². The highest BCUT2D eigenvalue weighted by Gasteiger charge is 2.25. The van der Waals surface area contributed by atoms with Crippen molar-refractivity contribution in [1.82, 2.24) is 9.88 Å². The first-order chi connectivity index (χ1) is 15.1. The Hall–Kier alpha value is -2.64. The molecule has 1 aromatic heterocycles. The van der Waals surface area contributed by atoms with E-state index < -0.39 is 6.09 Å². The lowest BCUT2D eigenvalue weighted by molar-refractivity contribution is 0.0830. The number of anilines is 1. The zero-order chi connectivity index (χ0) is 21.6. The maximum atomic E-state index is 12.7. The zero-order valence-corrected chi connectivity index (χ0v) is 18.9. The van der Waals surface area contributed by atoms with Crippen LogP contribution in [0, 0.1) is 5.92 Å². The second-order valence-corrected chi connectivity index (χ2v) is 8.76. The van der Waals surface area contributed by atoms with Gasteiger partial charge in [-0.05, 0) is 62.7 Å². The van der Waals surface area contributed by atoms with Gasteiger partial charge in [0.15, 0.2) is 5.78 Å². The van der Waals surface area contributed by atoms with Crippen LogP contribution in [0.15, 0.2) is 59.2 Å². The SMILES string of the molecule is O=C(Nc1cccc2[nH]ccc12)OCCCN1CCC(C(=O)c2ccc(Br)cc2)CC1. The van der Waals surface area contributed by atoms with Crippen molar-refractivity contribution in [2.45, 2.75) is 19.3 Å². The van der Waals surface area contributed by atoms with Crippen molar-refractivity contribution in [3.8, 4) is 0 Å². The number of rotatable bonds is 7. The van der Waals surface area contributed by atoms with Crippen molar-refractivity contribution in [1.29, 1.82) is 0 Å². The Morgan fingerprint density at radius 2 is 1.87 bits per heavy atom. The number of amides is 1. The van der Waals surface area contributed by atoms with Gasteiger partial charge >= 0.3 is 6.09 Å². The number of ketones is 1. The van der Waals surface area contributed by atoms with E-state index in [-0.39, 0.29) is 11.7 Å². The molecule has 4 rings (SSSR count). The molecular weight excluding hydrogens is 458 g/mol. The number of piperidine rings is 1. The molecule has 6 nitrogen and oxygen atoms in total. The third-order valence-electron chi connectivity index (χ3n) is 5.77. The maximum Gasteiger partial charge on any atom is 0.411 e. The number of hydrogen-bond donors (Lipinski definition) is 2. The number of Topliss-reactive ketones (excluding diaryl/α,β-unsaturated/α-hetero) is 1. The number of aromatic nitrogens is 1. The van der Waals surface area contributed by atoms with Gasteiger partial charge in [0, 0.05) is 39.6 Å². The number of H-pyrrole nitrogens is 1. The van der Waals surface area contributed by atoms with Gasteiger partial charge in [-0.3, -0.25) is 10.1 Å². The summed E-state index contributed by atoms with van der Waals surface area (Å²) >= 11 is 3.41. The summed E-state index contributed by atoms with van der Waals surface area (Å²) in [6.07, 6.45) is 3.92. The monoisotopic (exact) mass is 483 g/mol. The Morgan fingerprint density at radius 1 is 1.10 bits per heavy atom. The van der Waals surface area contributed by atoms with E-state index in [1.54, 1.807) is 0 Å². The minimum Gasteiger partial charge on any atom is -0.449 e. The molecule has 0 bridgehead atoms. The average Bonchev–Trinajstić information content (AvgIpc) is 3.27. The normalized spacial score (nSPS) is 15.1. The van der Waals surface area contributed by atoms with Crippen LogP contribution in [0.2, 0.25) is 0 Å². The molecule has 1 amide bonds. The molecule has 0 saturated carbocycles. The van der Waals surface area contributed by atoms with E-state index in [1.807, 2.05) is 54.7 Å². The third-order valence-corrected chi connectivity index (χ3v) is 6.30. The number of aromatic amines is 1. The van der Waals surface area contributed by atoms with Crippen LogP contribution in [0.5, 0.6) is 0 Å². The van der Waals surface area contributed by atoms with Gasteiger partial charge in [0.2, 0.25) is 0 Å². The molecule has 2 N–H and O–H groups in total. The predicted octanol–water partition coefficient (Wildman–Crippen LogP) is 5.46. The Labute approximate surface area is 190 Å². The number of benzene rings is 2. The molecule has 1 saturated heterocycles. The standard InChI is InChI=1S/C24H26BrN3O3/c25-19-7-5-17(6-8-19)23(29)18-10-14-28(15-11-18)13-2-16-31-24(30)27-22-4-1-3-21-20(22)9-12-26-21/h1,3-9,12,18,26H,2,10-11,13-16H2,(H,27,30). The first-order valence-electron chi connectivity index (χ1n) is 10.6. The number of likely N-dealkylation sites (tertiary alicyclic amines) is 1. The lowest BCUT2D eigenvalue weighted by Gasteiger charge is -2.31. The van der Waals surface area contributed by atoms with Gasteiger partial charge < -0.3 is 14.6 Å². The van der Waals surface area contributed by atoms with E-state index in [9.17, 15) is 9.59 Å². The molecule has 2 heterocycles. The fraction of sp³-hybridized carbons (Fsp3) is 0.333. The van der Waals surface area contributed by atoms with Crippen LogP contribution in [-0.4, -0.2) is 48.0 Å². The molecule has 1 fully saturated rings. The number of carbonyl (C=O) groups excluding carboxylic acids is 2. The summed E-state index contributed by atoms with van der Waals surface area (Å²) in [5.41, 5.74) is 2.50. The van der Waals surface area contributed by atoms with Crippen LogP contribution in [0.1, 0.15) is 29.6 Å². The lowest BCUT2D eigenvalue weighted by atomic mass is 9.89. The van der Waals surface area contributed by atoms with E-state index in [0.717, 1.165) is 65.5 Å². The summed E-state index contributed by atoms with van der Waals surface area (Å²) in [6.45, 7) is 3.02. The van der Waals surface area contributed by atoms with Gasteiger partial charge in [-0.15, -0.1) is 0 Å². The van der Waals surface area contributed by atoms with Crippen LogP contribution in [0.4, 0.5) is 10.5 Å². The van der Waals surface area contributed by atoms with E-state index in [2.05, 4.69) is 31.1 Å². The van der Waals surface area contributed by atoms with Crippen LogP contribution in [0.25, 0.3) is 10.9 Å². The Morgan fingerprint density at radius 3 is 2.65 bits per heavy atom. The summed E-state index contributed by atoms with van der Waals surface area (Å²) in [4.78, 5) is 30.2. The molecular formula is C24H26BrN3O3. The zero-order valence-electron chi connectivity index (χ0n) is 17.3. The van der Waals surface area contributed by atoms with Crippen LogP contribution < -0.4 is 5.32 Å². The average molecular weight is 484 g/mol. The highest BCUT2D eigenvalue weighted by atomic mass is 79.9. The second-order valence-electron chi connectivity index (χ2n) is 7.85. The quantitative estimate of drug-likeness (QED) is 0.345. The van der Waals surface area contributed by atoms with Crippen molar-refractivity contribution in [2.24, 2.45) is 5.92 Å². The highest BCUT2D eigenvalue weighted by molar-refractivity contribution is 9.10. The van der Waals surface area contributed by atoms with Crippen LogP contribution in [0.3, 0.4) is 0 Å². The first kappa shape index (κ1) is 21.6. The Kier molecular flexibility index (Phi) is 7.04. The van der Waals surface area contributed by atoms with Gasteiger partial charge in [0.05, 0.1) is 12.3 Å². The summed E-state index contributed by atoms with van der Waals surface area (Å²) in [6, 6.07) is 15.2. The molecule has 0 atom stereocenters. The molecule has 162 valence electrons. The minimum atomic E-state index is -0.437. The van der Waals surface area contributed by atoms with Crippen LogP contribution in [-0.2, 0) is 4.74 Å². The van der Waals surface area contributed by atoms with Gasteiger partial charge in [0.1, 0.15) is 0 Å². The van der Waals surface area contributed by atoms with Crippen LogP contribution >= 0.6 is 15.9 Å². The molecule has 2 aromatic carbocycles. The molecule has 0 aliphatic carbocycles. The van der Waals surface area contributed by atoms with Crippen molar-refractivity contribution < 1.29 is 14.3 Å².